The van der Waals surface area contributed by atoms with Crippen LogP contribution in [0.4, 0.5) is 15.0 Å². The number of anilines is 1. The molecule has 0 aliphatic carbocycles. The van der Waals surface area contributed by atoms with Gasteiger partial charge in [0.2, 0.25) is 0 Å². The average molecular weight is 428 g/mol. The van der Waals surface area contributed by atoms with Gasteiger partial charge in [0.05, 0.1) is 23.0 Å². The molecule has 2 aromatic rings. The topological polar surface area (TPSA) is 78.4 Å². The number of hydrogen-bond donors (Lipinski definition) is 1. The second-order valence-corrected chi connectivity index (χ2v) is 8.14. The molecule has 1 N–H and O–H groups in total. The van der Waals surface area contributed by atoms with E-state index in [1.165, 1.54) is 12.3 Å². The Labute approximate surface area is 178 Å². The lowest BCUT2D eigenvalue weighted by atomic mass is 10.1. The maximum absolute atomic E-state index is 14.6. The normalized spacial score (nSPS) is 19.3. The van der Waals surface area contributed by atoms with Gasteiger partial charge in [-0.05, 0) is 55.0 Å². The van der Waals surface area contributed by atoms with E-state index in [1.807, 2.05) is 0 Å². The summed E-state index contributed by atoms with van der Waals surface area (Å²) in [6, 6.07) is 4.52. The molecule has 0 spiro atoms. The molecule has 3 heterocycles. The molecule has 2 fully saturated rings. The van der Waals surface area contributed by atoms with Crippen molar-refractivity contribution < 1.29 is 14.0 Å². The highest BCUT2D eigenvalue weighted by molar-refractivity contribution is 8.18. The average Bonchev–Trinajstić information content (AvgIpc) is 2.94. The van der Waals surface area contributed by atoms with E-state index in [-0.39, 0.29) is 4.91 Å². The number of carbonyl (C=O) groups is 2. The number of imide groups is 1. The number of aromatic nitrogens is 2. The fourth-order valence-corrected chi connectivity index (χ4v) is 4.24. The number of hydrogen-bond acceptors (Lipinski definition) is 7. The van der Waals surface area contributed by atoms with Gasteiger partial charge in [-0.1, -0.05) is 13.0 Å². The Kier molecular flexibility index (Phi) is 6.10. The van der Waals surface area contributed by atoms with E-state index in [1.54, 1.807) is 24.4 Å². The highest BCUT2D eigenvalue weighted by Gasteiger charge is 2.25. The second-order valence-electron chi connectivity index (χ2n) is 7.13. The lowest BCUT2D eigenvalue weighted by Crippen LogP contribution is -2.31. The molecule has 0 unspecified atom stereocenters. The van der Waals surface area contributed by atoms with Crippen molar-refractivity contribution in [3.63, 3.8) is 0 Å². The first kappa shape index (κ1) is 20.5. The third kappa shape index (κ3) is 4.52. The van der Waals surface area contributed by atoms with Gasteiger partial charge in [0.15, 0.2) is 0 Å². The highest BCUT2D eigenvalue weighted by atomic mass is 32.2. The molecule has 7 nitrogen and oxygen atoms in total. The molecule has 9 heteroatoms. The zero-order valence-electron chi connectivity index (χ0n) is 16.6. The van der Waals surface area contributed by atoms with Gasteiger partial charge in [-0.15, -0.1) is 0 Å². The van der Waals surface area contributed by atoms with Gasteiger partial charge in [-0.2, -0.15) is 0 Å². The Hall–Kier alpha value is -2.78. The number of carbonyl (C=O) groups excluding carboxylic acids is 2. The second kappa shape index (κ2) is 8.93. The minimum absolute atomic E-state index is 0.280. The van der Waals surface area contributed by atoms with E-state index in [0.717, 1.165) is 56.7 Å². The van der Waals surface area contributed by atoms with Gasteiger partial charge in [0, 0.05) is 25.2 Å². The predicted molar refractivity (Wildman–Crippen MR) is 115 cm³/mol. The monoisotopic (exact) mass is 427 g/mol. The van der Waals surface area contributed by atoms with E-state index >= 15 is 0 Å². The summed E-state index contributed by atoms with van der Waals surface area (Å²) in [4.78, 5) is 36.9. The maximum atomic E-state index is 14.6. The van der Waals surface area contributed by atoms with Gasteiger partial charge in [0.25, 0.3) is 11.1 Å². The van der Waals surface area contributed by atoms with Crippen molar-refractivity contribution in [1.82, 2.24) is 20.2 Å². The first-order chi connectivity index (χ1) is 14.5. The van der Waals surface area contributed by atoms with E-state index in [9.17, 15) is 14.0 Å². The van der Waals surface area contributed by atoms with Crippen molar-refractivity contribution in [3.8, 4) is 11.3 Å². The van der Waals surface area contributed by atoms with Crippen LogP contribution in [0.15, 0.2) is 35.5 Å². The lowest BCUT2D eigenvalue weighted by molar-refractivity contribution is -0.115. The van der Waals surface area contributed by atoms with E-state index in [0.29, 0.717) is 16.8 Å². The maximum Gasteiger partial charge on any atom is 0.290 e. The van der Waals surface area contributed by atoms with Gasteiger partial charge < -0.3 is 9.80 Å². The number of benzene rings is 1. The van der Waals surface area contributed by atoms with Crippen molar-refractivity contribution in [2.75, 3.05) is 37.6 Å². The van der Waals surface area contributed by atoms with Crippen LogP contribution in [0.25, 0.3) is 17.3 Å². The third-order valence-corrected chi connectivity index (χ3v) is 6.00. The van der Waals surface area contributed by atoms with Crippen molar-refractivity contribution in [1.29, 1.82) is 0 Å². The van der Waals surface area contributed by atoms with Crippen LogP contribution in [0.5, 0.6) is 0 Å². The quantitative estimate of drug-likeness (QED) is 0.751. The van der Waals surface area contributed by atoms with E-state index in [4.69, 9.17) is 0 Å². The van der Waals surface area contributed by atoms with Gasteiger partial charge in [-0.25, -0.2) is 9.37 Å². The van der Waals surface area contributed by atoms with Crippen LogP contribution in [-0.4, -0.2) is 58.7 Å². The van der Waals surface area contributed by atoms with E-state index < -0.39 is 17.0 Å². The zero-order chi connectivity index (χ0) is 21.1. The molecule has 2 amide bonds. The molecular weight excluding hydrogens is 405 g/mol. The van der Waals surface area contributed by atoms with Gasteiger partial charge in [-0.3, -0.25) is 19.9 Å². The largest absolute Gasteiger partial charge is 0.354 e. The number of thioether (sulfide) groups is 1. The number of likely N-dealkylation sites (N-methyl/N-ethyl adjacent to an activating group) is 1. The number of amides is 2. The molecule has 0 radical (unpaired) electrons. The Morgan fingerprint density at radius 3 is 2.83 bits per heavy atom. The lowest BCUT2D eigenvalue weighted by Gasteiger charge is -2.22. The molecular formula is C21H22FN5O2S. The van der Waals surface area contributed by atoms with Gasteiger partial charge in [0.1, 0.15) is 11.6 Å². The molecule has 1 aromatic heterocycles. The molecule has 4 rings (SSSR count). The summed E-state index contributed by atoms with van der Waals surface area (Å²) >= 11 is 0.829. The number of halogens is 1. The van der Waals surface area contributed by atoms with Crippen LogP contribution in [0.1, 0.15) is 18.9 Å². The first-order valence-electron chi connectivity index (χ1n) is 9.87. The predicted octanol–water partition coefficient (Wildman–Crippen LogP) is 3.14. The standard InChI is InChI=1S/C21H22FN5O2S/c1-2-26-6-3-7-27(9-8-26)19-13-23-12-17(24-19)15-10-14(4-5-16(15)22)11-18-20(28)25-21(29)30-18/h4-5,10-13H,2-3,6-9H2,1H3,(H,25,28,29)/b18-11-. The summed E-state index contributed by atoms with van der Waals surface area (Å²) in [5.41, 5.74) is 1.35. The zero-order valence-corrected chi connectivity index (χ0v) is 17.4. The van der Waals surface area contributed by atoms with Crippen LogP contribution < -0.4 is 10.2 Å². The minimum Gasteiger partial charge on any atom is -0.354 e. The number of nitrogens with zero attached hydrogens (tertiary/aromatic N) is 4. The van der Waals surface area contributed by atoms with Crippen LogP contribution in [-0.2, 0) is 4.79 Å². The summed E-state index contributed by atoms with van der Waals surface area (Å²) in [5.74, 6) is -0.138. The number of nitrogens with one attached hydrogen (secondary N) is 1. The summed E-state index contributed by atoms with van der Waals surface area (Å²) < 4.78 is 14.6. The molecule has 156 valence electrons. The van der Waals surface area contributed by atoms with Crippen LogP contribution >= 0.6 is 11.8 Å². The molecule has 0 bridgehead atoms. The number of rotatable bonds is 4. The Morgan fingerprint density at radius 1 is 1.20 bits per heavy atom. The molecule has 0 saturated carbocycles. The van der Waals surface area contributed by atoms with E-state index in [2.05, 4.69) is 32.0 Å². The van der Waals surface area contributed by atoms with Crippen LogP contribution in [0.3, 0.4) is 0 Å². The summed E-state index contributed by atoms with van der Waals surface area (Å²) in [6.45, 7) is 6.92. The van der Waals surface area contributed by atoms with Crippen molar-refractivity contribution in [3.05, 3.63) is 46.9 Å². The fraction of sp³-hybridized carbons (Fsp3) is 0.333. The molecule has 2 aliphatic heterocycles. The van der Waals surface area contributed by atoms with Crippen molar-refractivity contribution >= 4 is 34.8 Å². The molecule has 2 aliphatic rings. The summed E-state index contributed by atoms with van der Waals surface area (Å²) in [7, 11) is 0. The SMILES string of the molecule is CCN1CCCN(c2cncc(-c3cc(/C=C4\SC(=O)NC4=O)ccc3F)n2)CC1. The smallest absolute Gasteiger partial charge is 0.290 e. The summed E-state index contributed by atoms with van der Waals surface area (Å²) in [6.07, 6.45) is 5.85. The Morgan fingerprint density at radius 2 is 2.07 bits per heavy atom. The van der Waals surface area contributed by atoms with Gasteiger partial charge >= 0.3 is 0 Å². The van der Waals surface area contributed by atoms with Crippen molar-refractivity contribution in [2.24, 2.45) is 0 Å². The van der Waals surface area contributed by atoms with Crippen molar-refractivity contribution in [2.45, 2.75) is 13.3 Å². The minimum atomic E-state index is -0.444. The van der Waals surface area contributed by atoms with Crippen LogP contribution in [0, 0.1) is 5.82 Å². The summed E-state index contributed by atoms with van der Waals surface area (Å²) in [5, 5.41) is 1.80. The molecule has 0 atom stereocenters. The Bertz CT molecular complexity index is 1010. The molecule has 2 saturated heterocycles. The fourth-order valence-electron chi connectivity index (χ4n) is 3.56. The molecule has 30 heavy (non-hydrogen) atoms. The van der Waals surface area contributed by atoms with Crippen LogP contribution in [0.2, 0.25) is 0 Å². The molecule has 1 aromatic carbocycles. The third-order valence-electron chi connectivity index (χ3n) is 5.19. The highest BCUT2D eigenvalue weighted by Crippen LogP contribution is 2.29. The first-order valence-corrected chi connectivity index (χ1v) is 10.7. The Balaban J connectivity index is 1.61.